The summed E-state index contributed by atoms with van der Waals surface area (Å²) in [6, 6.07) is 7.70. The second-order valence-electron chi connectivity index (χ2n) is 7.20. The van der Waals surface area contributed by atoms with Crippen molar-refractivity contribution in [1.29, 1.82) is 0 Å². The molecule has 3 heterocycles. The first-order valence-electron chi connectivity index (χ1n) is 10.0. The number of hydrazone groups is 1. The van der Waals surface area contributed by atoms with E-state index in [1.807, 2.05) is 0 Å². The molecule has 0 unspecified atom stereocenters. The zero-order valence-electron chi connectivity index (χ0n) is 18.2. The lowest BCUT2D eigenvalue weighted by atomic mass is 10.1. The zero-order chi connectivity index (χ0) is 26.1. The van der Waals surface area contributed by atoms with Crippen LogP contribution < -0.4 is 20.6 Å². The molecule has 0 saturated carbocycles. The molecule has 186 valence electrons. The van der Waals surface area contributed by atoms with Gasteiger partial charge in [-0.05, 0) is 28.5 Å². The molecule has 0 saturated heterocycles. The van der Waals surface area contributed by atoms with Crippen LogP contribution in [-0.2, 0) is 0 Å². The van der Waals surface area contributed by atoms with Gasteiger partial charge in [0, 0.05) is 17.7 Å². The second kappa shape index (κ2) is 9.02. The molecule has 1 amide bonds. The van der Waals surface area contributed by atoms with Crippen LogP contribution in [0.5, 0.6) is 11.5 Å². The molecule has 18 nitrogen and oxygen atoms in total. The molecule has 0 radical (unpaired) electrons. The number of nitro groups is 2. The summed E-state index contributed by atoms with van der Waals surface area (Å²) in [5, 5.41) is 41.1. The molecule has 0 aliphatic carbocycles. The molecule has 5 rings (SSSR count). The summed E-state index contributed by atoms with van der Waals surface area (Å²) in [5.74, 6) is -0.624. The summed E-state index contributed by atoms with van der Waals surface area (Å²) in [6.45, 7) is -0.0869. The number of carbonyl (C=O) groups is 1. The number of nitro benzene ring substituents is 2. The van der Waals surface area contributed by atoms with E-state index in [-0.39, 0.29) is 58.3 Å². The molecule has 0 bridgehead atoms. The smallest absolute Gasteiger partial charge is 0.294 e. The van der Waals surface area contributed by atoms with Crippen LogP contribution in [0.2, 0.25) is 0 Å². The van der Waals surface area contributed by atoms with Crippen molar-refractivity contribution in [1.82, 2.24) is 30.7 Å². The number of hydrogen-bond acceptors (Lipinski definition) is 14. The van der Waals surface area contributed by atoms with Gasteiger partial charge in [-0.15, -0.1) is 5.10 Å². The van der Waals surface area contributed by atoms with Gasteiger partial charge in [0.25, 0.3) is 17.3 Å². The highest BCUT2D eigenvalue weighted by atomic mass is 16.7. The number of aromatic nitrogens is 5. The Hall–Kier alpha value is -5.94. The monoisotopic (exact) mass is 508 g/mol. The highest BCUT2D eigenvalue weighted by molar-refractivity contribution is 5.99. The summed E-state index contributed by atoms with van der Waals surface area (Å²) < 4.78 is 16.0. The number of fused-ring (bicyclic) bond motifs is 1. The van der Waals surface area contributed by atoms with Gasteiger partial charge in [-0.25, -0.2) is 10.1 Å². The van der Waals surface area contributed by atoms with Gasteiger partial charge >= 0.3 is 0 Å². The number of anilines is 1. The molecule has 0 fully saturated rings. The number of nitrogens with two attached hydrogens (primary N) is 1. The predicted octanol–water partition coefficient (Wildman–Crippen LogP) is 1.21. The van der Waals surface area contributed by atoms with E-state index in [9.17, 15) is 25.0 Å². The van der Waals surface area contributed by atoms with Crippen molar-refractivity contribution >= 4 is 29.3 Å². The predicted molar refractivity (Wildman–Crippen MR) is 120 cm³/mol. The number of ether oxygens (including phenoxy) is 2. The summed E-state index contributed by atoms with van der Waals surface area (Å²) in [6.07, 6.45) is 1.05. The molecule has 2 aromatic carbocycles. The first kappa shape index (κ1) is 22.8. The quantitative estimate of drug-likeness (QED) is 0.203. The van der Waals surface area contributed by atoms with Crippen LogP contribution in [0.1, 0.15) is 16.1 Å². The van der Waals surface area contributed by atoms with Crippen molar-refractivity contribution in [2.24, 2.45) is 5.10 Å². The van der Waals surface area contributed by atoms with Gasteiger partial charge in [0.05, 0.1) is 27.7 Å². The van der Waals surface area contributed by atoms with Gasteiger partial charge in [-0.1, -0.05) is 5.21 Å². The average molecular weight is 508 g/mol. The maximum atomic E-state index is 13.0. The Kier molecular flexibility index (Phi) is 5.56. The molecule has 2 aromatic heterocycles. The Bertz CT molecular complexity index is 1580. The molecule has 4 aromatic rings. The van der Waals surface area contributed by atoms with Crippen molar-refractivity contribution < 1.29 is 28.7 Å². The molecule has 0 atom stereocenters. The van der Waals surface area contributed by atoms with Crippen LogP contribution >= 0.6 is 0 Å². The molecular formula is C19H12N10O8. The number of non-ortho nitro benzene ring substituents is 1. The number of nitrogen functional groups attached to an aromatic ring is 1. The minimum Gasteiger partial charge on any atom is -0.454 e. The molecular weight excluding hydrogens is 496 g/mol. The molecule has 37 heavy (non-hydrogen) atoms. The van der Waals surface area contributed by atoms with Crippen LogP contribution in [-0.4, -0.2) is 54.1 Å². The topological polar surface area (TPSA) is 242 Å². The fraction of sp³-hybridized carbons (Fsp3) is 0.0526. The van der Waals surface area contributed by atoms with Crippen molar-refractivity contribution in [2.45, 2.75) is 0 Å². The fourth-order valence-corrected chi connectivity index (χ4v) is 3.34. The van der Waals surface area contributed by atoms with E-state index in [4.69, 9.17) is 15.2 Å². The highest BCUT2D eigenvalue weighted by Gasteiger charge is 2.26. The number of benzene rings is 2. The van der Waals surface area contributed by atoms with Gasteiger partial charge in [0.1, 0.15) is 5.69 Å². The van der Waals surface area contributed by atoms with E-state index >= 15 is 0 Å². The number of hydrogen-bond donors (Lipinski definition) is 2. The Balaban J connectivity index is 1.48. The molecule has 3 N–H and O–H groups in total. The zero-order valence-corrected chi connectivity index (χ0v) is 18.2. The van der Waals surface area contributed by atoms with Gasteiger partial charge in [-0.3, -0.25) is 25.0 Å². The third-order valence-electron chi connectivity index (χ3n) is 5.02. The van der Waals surface area contributed by atoms with Crippen molar-refractivity contribution in [3.63, 3.8) is 0 Å². The Morgan fingerprint density at radius 1 is 1.11 bits per heavy atom. The largest absolute Gasteiger partial charge is 0.454 e. The van der Waals surface area contributed by atoms with Crippen molar-refractivity contribution in [3.05, 3.63) is 67.9 Å². The Morgan fingerprint density at radius 2 is 1.84 bits per heavy atom. The Morgan fingerprint density at radius 3 is 2.49 bits per heavy atom. The standard InChI is InChI=1S/C19H12N10O8/c20-17-18(25-37-24-17)27-16(9-1-3-11(4-2-9)28(31)32)15(22-26-27)19(30)23-21-7-10-5-13-14(36-8-35-13)6-12(10)29(33)34/h1-7H,8H2,(H2,20,24)(H,23,30)/b21-7-. The van der Waals surface area contributed by atoms with Crippen LogP contribution in [0.15, 0.2) is 46.1 Å². The van der Waals surface area contributed by atoms with Crippen molar-refractivity contribution in [3.8, 4) is 28.6 Å². The first-order valence-corrected chi connectivity index (χ1v) is 10.0. The third-order valence-corrected chi connectivity index (χ3v) is 5.02. The van der Waals surface area contributed by atoms with Crippen LogP contribution in [0, 0.1) is 20.2 Å². The maximum Gasteiger partial charge on any atom is 0.294 e. The van der Waals surface area contributed by atoms with Gasteiger partial charge in [-0.2, -0.15) is 9.78 Å². The number of rotatable bonds is 7. The SMILES string of the molecule is Nc1nonc1-n1nnc(C(=O)N/N=C\c2cc3c(cc2[N+](=O)[O-])OCO3)c1-c1ccc([N+](=O)[O-])cc1. The molecule has 1 aliphatic heterocycles. The van der Waals surface area contributed by atoms with Crippen LogP contribution in [0.25, 0.3) is 17.1 Å². The van der Waals surface area contributed by atoms with E-state index in [0.717, 1.165) is 10.9 Å². The molecule has 1 aliphatic rings. The molecule has 0 spiro atoms. The average Bonchev–Trinajstić information content (AvgIpc) is 3.62. The minimum absolute atomic E-state index is 0.0373. The summed E-state index contributed by atoms with van der Waals surface area (Å²) in [7, 11) is 0. The third kappa shape index (κ3) is 4.20. The van der Waals surface area contributed by atoms with Gasteiger partial charge in [0.15, 0.2) is 17.2 Å². The van der Waals surface area contributed by atoms with E-state index in [1.54, 1.807) is 0 Å². The van der Waals surface area contributed by atoms with E-state index in [2.05, 4.69) is 35.8 Å². The summed E-state index contributed by atoms with van der Waals surface area (Å²) in [5.41, 5.74) is 7.55. The van der Waals surface area contributed by atoms with E-state index < -0.39 is 15.8 Å². The van der Waals surface area contributed by atoms with Crippen LogP contribution in [0.4, 0.5) is 17.2 Å². The normalized spacial score (nSPS) is 12.1. The minimum atomic E-state index is -0.866. The van der Waals surface area contributed by atoms with Gasteiger partial charge < -0.3 is 15.2 Å². The number of amides is 1. The number of nitrogens with zero attached hydrogens (tertiary/aromatic N) is 8. The Labute approximate surface area is 203 Å². The number of nitrogens with one attached hydrogen (secondary N) is 1. The maximum absolute atomic E-state index is 13.0. The fourth-order valence-electron chi connectivity index (χ4n) is 3.34. The van der Waals surface area contributed by atoms with Crippen LogP contribution in [0.3, 0.4) is 0 Å². The molecule has 18 heteroatoms. The van der Waals surface area contributed by atoms with E-state index in [0.29, 0.717) is 5.56 Å². The van der Waals surface area contributed by atoms with E-state index in [1.165, 1.54) is 36.4 Å². The lowest BCUT2D eigenvalue weighted by Gasteiger charge is -2.06. The number of carbonyl (C=O) groups excluding carboxylic acids is 1. The lowest BCUT2D eigenvalue weighted by molar-refractivity contribution is -0.385. The van der Waals surface area contributed by atoms with Gasteiger partial charge in [0.2, 0.25) is 18.4 Å². The van der Waals surface area contributed by atoms with Crippen molar-refractivity contribution in [2.75, 3.05) is 12.5 Å². The second-order valence-corrected chi connectivity index (χ2v) is 7.20. The summed E-state index contributed by atoms with van der Waals surface area (Å²) in [4.78, 5) is 34.2. The highest BCUT2D eigenvalue weighted by Crippen LogP contribution is 2.37. The summed E-state index contributed by atoms with van der Waals surface area (Å²) >= 11 is 0. The lowest BCUT2D eigenvalue weighted by Crippen LogP contribution is -2.19. The first-order chi connectivity index (χ1) is 17.8.